The Bertz CT molecular complexity index is 800. The molecule has 0 unspecified atom stereocenters. The van der Waals surface area contributed by atoms with E-state index in [0.717, 1.165) is 12.1 Å². The topological polar surface area (TPSA) is 87.7 Å². The first-order valence-electron chi connectivity index (χ1n) is 8.05. The Morgan fingerprint density at radius 1 is 1.23 bits per heavy atom. The summed E-state index contributed by atoms with van der Waals surface area (Å²) in [5, 5.41) is 18.0. The summed E-state index contributed by atoms with van der Waals surface area (Å²) in [7, 11) is -3.42. The number of alkyl halides is 4. The van der Waals surface area contributed by atoms with Crippen molar-refractivity contribution in [3.8, 4) is 6.07 Å². The predicted octanol–water partition coefficient (Wildman–Crippen LogP) is 3.67. The second-order valence-electron chi connectivity index (χ2n) is 7.09. The van der Waals surface area contributed by atoms with Crippen molar-refractivity contribution in [3.05, 3.63) is 29.3 Å². The standard InChI is InChI=1S/C16H16ClF3N2O3S/c17-13-9-4-10(14(13)23)15-11(9)6-22(26(15,24)25)8-2-1-7(5-21)12(3-8)16(18,19)20/h1-3,9-11,13-15,23-25H,4,6H2/t9-,10-,11-,13+,14+,15+/m0/s1. The van der Waals surface area contributed by atoms with E-state index in [0.29, 0.717) is 6.42 Å². The fourth-order valence-corrected chi connectivity index (χ4v) is 7.89. The molecular weight excluding hydrogens is 393 g/mol. The van der Waals surface area contributed by atoms with Gasteiger partial charge in [0.2, 0.25) is 0 Å². The summed E-state index contributed by atoms with van der Waals surface area (Å²) < 4.78 is 62.4. The van der Waals surface area contributed by atoms with Gasteiger partial charge in [-0.2, -0.15) is 18.4 Å². The normalized spacial score (nSPS) is 38.9. The van der Waals surface area contributed by atoms with Gasteiger partial charge in [0.25, 0.3) is 0 Å². The van der Waals surface area contributed by atoms with Crippen LogP contribution in [0, 0.1) is 29.1 Å². The van der Waals surface area contributed by atoms with Crippen LogP contribution in [0.15, 0.2) is 18.2 Å². The molecule has 0 amide bonds. The molecule has 142 valence electrons. The van der Waals surface area contributed by atoms with E-state index in [-0.39, 0.29) is 30.0 Å². The van der Waals surface area contributed by atoms with Gasteiger partial charge < -0.3 is 5.11 Å². The highest BCUT2D eigenvalue weighted by Gasteiger charge is 2.65. The van der Waals surface area contributed by atoms with Crippen LogP contribution in [0.2, 0.25) is 0 Å². The van der Waals surface area contributed by atoms with E-state index >= 15 is 0 Å². The van der Waals surface area contributed by atoms with Crippen LogP contribution in [0.3, 0.4) is 0 Å². The fraction of sp³-hybridized carbons (Fsp3) is 0.562. The Balaban J connectivity index is 1.73. The number of fused-ring (bicyclic) bond motifs is 5. The summed E-state index contributed by atoms with van der Waals surface area (Å²) in [5.74, 6) is -0.665. The smallest absolute Gasteiger partial charge is 0.391 e. The summed E-state index contributed by atoms with van der Waals surface area (Å²) in [6, 6.07) is 4.62. The molecule has 0 aromatic heterocycles. The molecule has 1 aromatic carbocycles. The number of aliphatic hydroxyl groups is 1. The molecule has 2 bridgehead atoms. The highest BCUT2D eigenvalue weighted by molar-refractivity contribution is 8.26. The highest BCUT2D eigenvalue weighted by atomic mass is 35.5. The Kier molecular flexibility index (Phi) is 3.96. The summed E-state index contributed by atoms with van der Waals surface area (Å²) in [5.41, 5.74) is -1.62. The minimum absolute atomic E-state index is 0.00531. The molecule has 1 aromatic rings. The quantitative estimate of drug-likeness (QED) is 0.617. The first-order valence-corrected chi connectivity index (χ1v) is 10.1. The van der Waals surface area contributed by atoms with Crippen molar-refractivity contribution in [2.45, 2.75) is 29.3 Å². The van der Waals surface area contributed by atoms with Crippen LogP contribution in [0.5, 0.6) is 0 Å². The average Bonchev–Trinajstić information content (AvgIpc) is 3.17. The van der Waals surface area contributed by atoms with Crippen molar-refractivity contribution >= 4 is 28.1 Å². The first-order chi connectivity index (χ1) is 12.1. The minimum atomic E-state index is -4.73. The number of anilines is 1. The summed E-state index contributed by atoms with van der Waals surface area (Å²) >= 11 is 6.23. The molecule has 0 spiro atoms. The third-order valence-corrected chi connectivity index (χ3v) is 8.92. The van der Waals surface area contributed by atoms with Gasteiger partial charge in [0.15, 0.2) is 0 Å². The predicted molar refractivity (Wildman–Crippen MR) is 90.9 cm³/mol. The van der Waals surface area contributed by atoms with Gasteiger partial charge in [0.05, 0.1) is 39.6 Å². The Hall–Kier alpha value is -1.18. The van der Waals surface area contributed by atoms with E-state index < -0.39 is 44.8 Å². The lowest BCUT2D eigenvalue weighted by Gasteiger charge is -2.45. The van der Waals surface area contributed by atoms with Crippen LogP contribution in [-0.2, 0) is 6.18 Å². The zero-order chi connectivity index (χ0) is 19.0. The van der Waals surface area contributed by atoms with Gasteiger partial charge >= 0.3 is 6.18 Å². The van der Waals surface area contributed by atoms with Crippen LogP contribution in [0.25, 0.3) is 0 Å². The van der Waals surface area contributed by atoms with E-state index in [9.17, 15) is 27.4 Å². The number of hydrogen-bond donors (Lipinski definition) is 3. The number of rotatable bonds is 1. The lowest BCUT2D eigenvalue weighted by atomic mass is 9.86. The lowest BCUT2D eigenvalue weighted by molar-refractivity contribution is -0.137. The Morgan fingerprint density at radius 3 is 2.54 bits per heavy atom. The van der Waals surface area contributed by atoms with Gasteiger partial charge in [-0.05, 0) is 30.5 Å². The molecule has 10 heteroatoms. The summed E-state index contributed by atoms with van der Waals surface area (Å²) in [6.45, 7) is 0.160. The zero-order valence-electron chi connectivity index (χ0n) is 13.3. The first kappa shape index (κ1) is 18.2. The van der Waals surface area contributed by atoms with Crippen molar-refractivity contribution in [1.29, 1.82) is 5.26 Å². The second-order valence-corrected chi connectivity index (χ2v) is 9.70. The molecule has 1 aliphatic heterocycles. The van der Waals surface area contributed by atoms with Crippen LogP contribution >= 0.6 is 22.4 Å². The number of nitrogens with zero attached hydrogens (tertiary/aromatic N) is 2. The van der Waals surface area contributed by atoms with Crippen molar-refractivity contribution in [1.82, 2.24) is 0 Å². The lowest BCUT2D eigenvalue weighted by Crippen LogP contribution is -2.42. The molecule has 1 heterocycles. The van der Waals surface area contributed by atoms with Crippen molar-refractivity contribution in [2.75, 3.05) is 10.8 Å². The maximum Gasteiger partial charge on any atom is 0.417 e. The third kappa shape index (κ3) is 2.36. The molecule has 2 aliphatic carbocycles. The zero-order valence-corrected chi connectivity index (χ0v) is 14.8. The van der Waals surface area contributed by atoms with Crippen molar-refractivity contribution in [2.24, 2.45) is 17.8 Å². The monoisotopic (exact) mass is 408 g/mol. The SMILES string of the molecule is N#Cc1ccc(N2C[C@H]3[C@@H]4C[C@@H]([C@@H](O)[C@@H]4Cl)[C@H]3S2(O)O)cc1C(F)(F)F. The van der Waals surface area contributed by atoms with E-state index in [4.69, 9.17) is 16.9 Å². The number of halogens is 4. The van der Waals surface area contributed by atoms with Gasteiger partial charge in [-0.15, -0.1) is 22.4 Å². The third-order valence-electron chi connectivity index (χ3n) is 5.90. The Labute approximate surface area is 154 Å². The molecule has 3 fully saturated rings. The molecule has 4 rings (SSSR count). The van der Waals surface area contributed by atoms with E-state index in [1.54, 1.807) is 0 Å². The van der Waals surface area contributed by atoms with Gasteiger partial charge in [-0.1, -0.05) is 0 Å². The fourth-order valence-electron chi connectivity index (χ4n) is 4.81. The van der Waals surface area contributed by atoms with E-state index in [1.807, 2.05) is 0 Å². The van der Waals surface area contributed by atoms with Crippen molar-refractivity contribution < 1.29 is 27.4 Å². The number of hydrogen-bond acceptors (Lipinski definition) is 5. The molecular formula is C16H16ClF3N2O3S. The van der Waals surface area contributed by atoms with E-state index in [1.165, 1.54) is 16.4 Å². The van der Waals surface area contributed by atoms with Gasteiger partial charge in [0.1, 0.15) is 0 Å². The molecule has 1 saturated heterocycles. The van der Waals surface area contributed by atoms with Crippen LogP contribution < -0.4 is 4.31 Å². The maximum atomic E-state index is 13.2. The molecule has 5 nitrogen and oxygen atoms in total. The van der Waals surface area contributed by atoms with Crippen LogP contribution in [0.1, 0.15) is 17.5 Å². The van der Waals surface area contributed by atoms with Gasteiger partial charge in [-0.25, -0.2) is 0 Å². The van der Waals surface area contributed by atoms with Crippen molar-refractivity contribution in [3.63, 3.8) is 0 Å². The second kappa shape index (κ2) is 5.66. The number of aliphatic hydroxyl groups excluding tert-OH is 1. The molecule has 6 atom stereocenters. The van der Waals surface area contributed by atoms with Gasteiger partial charge in [0, 0.05) is 18.4 Å². The highest BCUT2D eigenvalue weighted by Crippen LogP contribution is 2.70. The molecule has 3 N–H and O–H groups in total. The number of benzene rings is 1. The largest absolute Gasteiger partial charge is 0.417 e. The van der Waals surface area contributed by atoms with Crippen LogP contribution in [-0.4, -0.2) is 37.5 Å². The molecule has 26 heavy (non-hydrogen) atoms. The molecule has 0 radical (unpaired) electrons. The van der Waals surface area contributed by atoms with E-state index in [2.05, 4.69) is 0 Å². The summed E-state index contributed by atoms with van der Waals surface area (Å²) in [4.78, 5) is 0. The van der Waals surface area contributed by atoms with Gasteiger partial charge in [-0.3, -0.25) is 13.4 Å². The Morgan fingerprint density at radius 2 is 1.92 bits per heavy atom. The van der Waals surface area contributed by atoms with Crippen LogP contribution in [0.4, 0.5) is 18.9 Å². The average molecular weight is 409 g/mol. The number of nitriles is 1. The molecule has 2 saturated carbocycles. The molecule has 3 aliphatic rings. The summed E-state index contributed by atoms with van der Waals surface area (Å²) in [6.07, 6.45) is -4.98. The minimum Gasteiger partial charge on any atom is -0.391 e. The maximum absolute atomic E-state index is 13.2.